The second-order valence-corrected chi connectivity index (χ2v) is 8.39. The maximum Gasteiger partial charge on any atom is 0.227 e. The van der Waals surface area contributed by atoms with E-state index in [1.165, 1.54) is 0 Å². The van der Waals surface area contributed by atoms with Crippen molar-refractivity contribution < 1.29 is 4.79 Å². The molecule has 0 fully saturated rings. The number of carbonyl (C=O) groups excluding carboxylic acids is 1. The Morgan fingerprint density at radius 2 is 2.00 bits per heavy atom. The van der Waals surface area contributed by atoms with Crippen LogP contribution >= 0.6 is 55.1 Å². The van der Waals surface area contributed by atoms with Gasteiger partial charge in [-0.1, -0.05) is 29.3 Å². The third-order valence-corrected chi connectivity index (χ3v) is 6.00. The third kappa shape index (κ3) is 5.13. The molecule has 0 aliphatic carbocycles. The summed E-state index contributed by atoms with van der Waals surface area (Å²) in [5.41, 5.74) is 1.94. The number of halogens is 4. The molecule has 1 amide bonds. The Morgan fingerprint density at radius 3 is 2.67 bits per heavy atom. The van der Waals surface area contributed by atoms with Crippen LogP contribution in [0.2, 0.25) is 10.0 Å². The van der Waals surface area contributed by atoms with Crippen LogP contribution < -0.4 is 5.32 Å². The van der Waals surface area contributed by atoms with Gasteiger partial charge < -0.3 is 5.32 Å². The van der Waals surface area contributed by atoms with Gasteiger partial charge in [0.05, 0.1) is 38.3 Å². The number of aromatic nitrogens is 4. The summed E-state index contributed by atoms with van der Waals surface area (Å²) >= 11 is 18.8. The van der Waals surface area contributed by atoms with Crippen molar-refractivity contribution in [3.63, 3.8) is 0 Å². The number of rotatable bonds is 6. The molecule has 142 valence electrons. The van der Waals surface area contributed by atoms with Gasteiger partial charge in [0.1, 0.15) is 0 Å². The van der Waals surface area contributed by atoms with E-state index in [1.807, 2.05) is 13.0 Å². The average Bonchev–Trinajstić information content (AvgIpc) is 3.12. The Kier molecular flexibility index (Phi) is 6.62. The van der Waals surface area contributed by atoms with E-state index >= 15 is 0 Å². The van der Waals surface area contributed by atoms with E-state index in [0.29, 0.717) is 39.8 Å². The zero-order chi connectivity index (χ0) is 19.6. The van der Waals surface area contributed by atoms with Gasteiger partial charge in [-0.25, -0.2) is 0 Å². The quantitative estimate of drug-likeness (QED) is 0.466. The van der Waals surface area contributed by atoms with Crippen LogP contribution in [-0.4, -0.2) is 25.5 Å². The van der Waals surface area contributed by atoms with Gasteiger partial charge in [-0.05, 0) is 56.5 Å². The lowest BCUT2D eigenvalue weighted by Gasteiger charge is -2.06. The second kappa shape index (κ2) is 8.77. The topological polar surface area (TPSA) is 64.7 Å². The van der Waals surface area contributed by atoms with Crippen molar-refractivity contribution in [1.29, 1.82) is 0 Å². The molecule has 1 N–H and O–H groups in total. The zero-order valence-corrected chi connectivity index (χ0v) is 18.9. The molecule has 0 saturated heterocycles. The number of aryl methyl sites for hydroxylation is 1. The minimum absolute atomic E-state index is 0.137. The molecule has 27 heavy (non-hydrogen) atoms. The normalized spacial score (nSPS) is 11.0. The smallest absolute Gasteiger partial charge is 0.227 e. The summed E-state index contributed by atoms with van der Waals surface area (Å²) in [6.45, 7) is 2.94. The van der Waals surface area contributed by atoms with Gasteiger partial charge in [0, 0.05) is 18.3 Å². The van der Waals surface area contributed by atoms with Crippen LogP contribution in [0.5, 0.6) is 0 Å². The van der Waals surface area contributed by atoms with Crippen molar-refractivity contribution in [1.82, 2.24) is 19.6 Å². The summed E-state index contributed by atoms with van der Waals surface area (Å²) in [4.78, 5) is 12.2. The fourth-order valence-corrected chi connectivity index (χ4v) is 3.47. The monoisotopic (exact) mass is 533 g/mol. The van der Waals surface area contributed by atoms with Gasteiger partial charge >= 0.3 is 0 Å². The summed E-state index contributed by atoms with van der Waals surface area (Å²) in [5, 5.41) is 12.4. The Morgan fingerprint density at radius 1 is 1.22 bits per heavy atom. The molecule has 2 heterocycles. The summed E-state index contributed by atoms with van der Waals surface area (Å²) in [6.07, 6.45) is 3.81. The van der Waals surface area contributed by atoms with Crippen molar-refractivity contribution in [2.75, 3.05) is 5.32 Å². The van der Waals surface area contributed by atoms with Gasteiger partial charge in [0.15, 0.2) is 5.82 Å². The maximum atomic E-state index is 12.2. The predicted octanol–water partition coefficient (Wildman–Crippen LogP) is 5.30. The highest BCUT2D eigenvalue weighted by Gasteiger charge is 2.12. The van der Waals surface area contributed by atoms with Crippen LogP contribution in [0.3, 0.4) is 0 Å². The van der Waals surface area contributed by atoms with Crippen molar-refractivity contribution in [2.45, 2.75) is 26.4 Å². The first-order chi connectivity index (χ1) is 12.8. The number of hydrogen-bond acceptors (Lipinski definition) is 3. The molecular weight excluding hydrogens is 521 g/mol. The first-order valence-corrected chi connectivity index (χ1v) is 10.3. The molecule has 0 aliphatic heterocycles. The first-order valence-electron chi connectivity index (χ1n) is 7.98. The summed E-state index contributed by atoms with van der Waals surface area (Å²) in [5.74, 6) is 0.333. The lowest BCUT2D eigenvalue weighted by atomic mass is 10.2. The standard InChI is InChI=1S/C17H15Br2Cl2N5O/c1-10-12(18)7-22-26(10)5-4-16(27)23-17-13(19)9-25(24-17)8-11-2-3-14(20)15(21)6-11/h2-3,6-7,9H,4-5,8H2,1H3,(H,23,24,27). The fourth-order valence-electron chi connectivity index (χ4n) is 2.44. The van der Waals surface area contributed by atoms with E-state index in [0.717, 1.165) is 15.7 Å². The Labute approximate surface area is 183 Å². The number of nitrogens with zero attached hydrogens (tertiary/aromatic N) is 4. The van der Waals surface area contributed by atoms with Crippen LogP contribution in [0.15, 0.2) is 39.5 Å². The van der Waals surface area contributed by atoms with Crippen molar-refractivity contribution in [2.24, 2.45) is 0 Å². The van der Waals surface area contributed by atoms with Gasteiger partial charge in [0.2, 0.25) is 5.91 Å². The Bertz CT molecular complexity index is 986. The van der Waals surface area contributed by atoms with Gasteiger partial charge in [-0.2, -0.15) is 10.2 Å². The van der Waals surface area contributed by atoms with Gasteiger partial charge in [0.25, 0.3) is 0 Å². The third-order valence-electron chi connectivity index (χ3n) is 3.90. The Hall–Kier alpha value is -1.35. The average molecular weight is 536 g/mol. The highest BCUT2D eigenvalue weighted by Crippen LogP contribution is 2.25. The predicted molar refractivity (Wildman–Crippen MR) is 113 cm³/mol. The minimum atomic E-state index is -0.137. The molecule has 10 heteroatoms. The number of amides is 1. The molecule has 3 rings (SSSR count). The van der Waals surface area contributed by atoms with Crippen molar-refractivity contribution in [3.05, 3.63) is 60.8 Å². The molecule has 0 radical (unpaired) electrons. The molecule has 1 aromatic carbocycles. The molecule has 3 aromatic rings. The highest BCUT2D eigenvalue weighted by atomic mass is 79.9. The SMILES string of the molecule is Cc1c(Br)cnn1CCC(=O)Nc1nn(Cc2ccc(Cl)c(Cl)c2)cc1Br. The van der Waals surface area contributed by atoms with E-state index in [2.05, 4.69) is 47.4 Å². The minimum Gasteiger partial charge on any atom is -0.308 e. The Balaban J connectivity index is 1.61. The molecular formula is C17H15Br2Cl2N5O. The lowest BCUT2D eigenvalue weighted by Crippen LogP contribution is -2.16. The summed E-state index contributed by atoms with van der Waals surface area (Å²) in [7, 11) is 0. The fraction of sp³-hybridized carbons (Fsp3) is 0.235. The van der Waals surface area contributed by atoms with E-state index < -0.39 is 0 Å². The number of nitrogens with one attached hydrogen (secondary N) is 1. The van der Waals surface area contributed by atoms with Crippen molar-refractivity contribution >= 4 is 66.8 Å². The van der Waals surface area contributed by atoms with Crippen LogP contribution in [0, 0.1) is 6.92 Å². The molecule has 2 aromatic heterocycles. The van der Waals surface area contributed by atoms with E-state index in [-0.39, 0.29) is 5.91 Å². The molecule has 0 bridgehead atoms. The molecule has 0 aliphatic rings. The van der Waals surface area contributed by atoms with Gasteiger partial charge in [-0.3, -0.25) is 14.2 Å². The number of benzene rings is 1. The largest absolute Gasteiger partial charge is 0.308 e. The van der Waals surface area contributed by atoms with E-state index in [9.17, 15) is 4.79 Å². The molecule has 0 spiro atoms. The number of hydrogen-bond donors (Lipinski definition) is 1. The van der Waals surface area contributed by atoms with Crippen molar-refractivity contribution in [3.8, 4) is 0 Å². The zero-order valence-electron chi connectivity index (χ0n) is 14.2. The summed E-state index contributed by atoms with van der Waals surface area (Å²) in [6, 6.07) is 5.42. The second-order valence-electron chi connectivity index (χ2n) is 5.87. The van der Waals surface area contributed by atoms with E-state index in [1.54, 1.807) is 33.9 Å². The maximum absolute atomic E-state index is 12.2. The first kappa shape index (κ1) is 20.4. The lowest BCUT2D eigenvalue weighted by molar-refractivity contribution is -0.116. The van der Waals surface area contributed by atoms with Crippen LogP contribution in [0.25, 0.3) is 0 Å². The molecule has 0 unspecified atom stereocenters. The van der Waals surface area contributed by atoms with E-state index in [4.69, 9.17) is 23.2 Å². The molecule has 0 saturated carbocycles. The van der Waals surface area contributed by atoms with Crippen LogP contribution in [0.4, 0.5) is 5.82 Å². The number of anilines is 1. The highest BCUT2D eigenvalue weighted by molar-refractivity contribution is 9.10. The van der Waals surface area contributed by atoms with Crippen LogP contribution in [-0.2, 0) is 17.9 Å². The molecule has 6 nitrogen and oxygen atoms in total. The van der Waals surface area contributed by atoms with Crippen LogP contribution in [0.1, 0.15) is 17.7 Å². The number of carbonyl (C=O) groups is 1. The summed E-state index contributed by atoms with van der Waals surface area (Å²) < 4.78 is 5.12. The molecule has 0 atom stereocenters. The van der Waals surface area contributed by atoms with Gasteiger partial charge in [-0.15, -0.1) is 0 Å².